The second-order valence-electron chi connectivity index (χ2n) is 3.28. The molecule has 0 aliphatic carbocycles. The van der Waals surface area contributed by atoms with Gasteiger partial charge in [0, 0.05) is 0 Å². The van der Waals surface area contributed by atoms with Crippen LogP contribution < -0.4 is 5.46 Å². The van der Waals surface area contributed by atoms with Crippen molar-refractivity contribution >= 4 is 23.6 Å². The summed E-state index contributed by atoms with van der Waals surface area (Å²) in [7, 11) is 0. The number of benzene rings is 1. The second kappa shape index (κ2) is 3.53. The maximum absolute atomic E-state index is 5.76. The Labute approximate surface area is 80.1 Å². The van der Waals surface area contributed by atoms with Crippen molar-refractivity contribution in [3.8, 4) is 0 Å². The minimum Gasteiger partial charge on any atom is -0.197 e. The van der Waals surface area contributed by atoms with E-state index in [2.05, 4.69) is 33.8 Å². The number of hydrogen-bond acceptors (Lipinski definition) is 0. The highest BCUT2D eigenvalue weighted by atomic mass is 35.5. The van der Waals surface area contributed by atoms with Gasteiger partial charge in [0.1, 0.15) is 0 Å². The van der Waals surface area contributed by atoms with E-state index in [9.17, 15) is 0 Å². The molecule has 0 fully saturated rings. The van der Waals surface area contributed by atoms with E-state index in [1.54, 1.807) is 6.69 Å². The molecule has 1 radical (unpaired) electrons. The molecule has 0 saturated heterocycles. The zero-order valence-electron chi connectivity index (χ0n) is 8.03. The van der Waals surface area contributed by atoms with Crippen LogP contribution in [0.4, 0.5) is 0 Å². The van der Waals surface area contributed by atoms with Crippen LogP contribution in [0.3, 0.4) is 0 Å². The van der Waals surface area contributed by atoms with Gasteiger partial charge < -0.3 is 0 Å². The molecule has 63 valence electrons. The maximum Gasteiger partial charge on any atom is 0.276 e. The van der Waals surface area contributed by atoms with Crippen LogP contribution in [0, 0.1) is 27.7 Å². The van der Waals surface area contributed by atoms with Crippen LogP contribution in [0.15, 0.2) is 6.07 Å². The lowest BCUT2D eigenvalue weighted by Gasteiger charge is -2.12. The third kappa shape index (κ3) is 1.51. The molecular weight excluding hydrogens is 166 g/mol. The van der Waals surface area contributed by atoms with Crippen molar-refractivity contribution in [3.63, 3.8) is 0 Å². The summed E-state index contributed by atoms with van der Waals surface area (Å²) in [4.78, 5) is 0. The van der Waals surface area contributed by atoms with Crippen LogP contribution in [0.5, 0.6) is 0 Å². The summed E-state index contributed by atoms with van der Waals surface area (Å²) in [6.45, 7) is 10.1. The number of halogens is 1. The van der Waals surface area contributed by atoms with Gasteiger partial charge >= 0.3 is 0 Å². The molecule has 1 rings (SSSR count). The third-order valence-corrected chi connectivity index (χ3v) is 2.75. The molecule has 12 heavy (non-hydrogen) atoms. The van der Waals surface area contributed by atoms with E-state index < -0.39 is 0 Å². The lowest BCUT2D eigenvalue weighted by molar-refractivity contribution is 1.27. The molecule has 0 N–H and O–H groups in total. The zero-order valence-corrected chi connectivity index (χ0v) is 8.79. The SMILES string of the molecule is Cc1cc(C)c(C)c([B]Cl)c1C. The van der Waals surface area contributed by atoms with Crippen molar-refractivity contribution in [1.82, 2.24) is 0 Å². The fourth-order valence-electron chi connectivity index (χ4n) is 1.41. The van der Waals surface area contributed by atoms with Crippen molar-refractivity contribution in [2.45, 2.75) is 27.7 Å². The summed E-state index contributed by atoms with van der Waals surface area (Å²) in [5, 5.41) is 0. The quantitative estimate of drug-likeness (QED) is 0.581. The van der Waals surface area contributed by atoms with Gasteiger partial charge in [0.2, 0.25) is 0 Å². The Kier molecular flexibility index (Phi) is 2.84. The average Bonchev–Trinajstić information content (AvgIpc) is 2.02. The lowest BCUT2D eigenvalue weighted by Crippen LogP contribution is -2.19. The molecule has 0 bridgehead atoms. The summed E-state index contributed by atoms with van der Waals surface area (Å²) < 4.78 is 0. The van der Waals surface area contributed by atoms with Crippen molar-refractivity contribution in [3.05, 3.63) is 28.3 Å². The Bertz CT molecular complexity index is 279. The van der Waals surface area contributed by atoms with Gasteiger partial charge in [-0.1, -0.05) is 22.7 Å². The molecule has 1 aromatic carbocycles. The minimum absolute atomic E-state index is 1.18. The zero-order chi connectivity index (χ0) is 9.30. The predicted octanol–water partition coefficient (Wildman–Crippen LogP) is 2.40. The van der Waals surface area contributed by atoms with E-state index >= 15 is 0 Å². The molecule has 0 aromatic heterocycles. The van der Waals surface area contributed by atoms with Gasteiger partial charge in [-0.3, -0.25) is 0 Å². The van der Waals surface area contributed by atoms with Gasteiger partial charge in [0.25, 0.3) is 6.69 Å². The van der Waals surface area contributed by atoms with Gasteiger partial charge in [0.05, 0.1) is 0 Å². The second-order valence-corrected chi connectivity index (χ2v) is 3.50. The number of aryl methyl sites for hydroxylation is 2. The summed E-state index contributed by atoms with van der Waals surface area (Å²) in [6.07, 6.45) is 0. The first kappa shape index (κ1) is 9.66. The summed E-state index contributed by atoms with van der Waals surface area (Å²) in [5.41, 5.74) is 6.37. The molecular formula is C10H13BCl. The van der Waals surface area contributed by atoms with Crippen molar-refractivity contribution in [2.75, 3.05) is 0 Å². The maximum atomic E-state index is 5.76. The molecule has 0 saturated carbocycles. The average molecular weight is 179 g/mol. The van der Waals surface area contributed by atoms with Gasteiger partial charge in [0.15, 0.2) is 0 Å². The van der Waals surface area contributed by atoms with Crippen LogP contribution in [0.25, 0.3) is 0 Å². The summed E-state index contributed by atoms with van der Waals surface area (Å²) in [6, 6.07) is 2.20. The molecule has 0 amide bonds. The molecule has 1 aromatic rings. The Balaban J connectivity index is 3.42. The van der Waals surface area contributed by atoms with Crippen molar-refractivity contribution < 1.29 is 0 Å². The van der Waals surface area contributed by atoms with E-state index in [-0.39, 0.29) is 0 Å². The Morgan fingerprint density at radius 3 is 1.75 bits per heavy atom. The van der Waals surface area contributed by atoms with E-state index in [0.717, 1.165) is 0 Å². The standard InChI is InChI=1S/C10H13BCl/c1-6-5-7(2)9(4)10(11-12)8(6)3/h5H,1-4H3. The van der Waals surface area contributed by atoms with Gasteiger partial charge in [-0.2, -0.15) is 11.5 Å². The minimum atomic E-state index is 1.18. The molecule has 0 heterocycles. The van der Waals surface area contributed by atoms with E-state index in [0.29, 0.717) is 0 Å². The van der Waals surface area contributed by atoms with E-state index in [1.165, 1.54) is 27.7 Å². The molecule has 2 heteroatoms. The molecule has 0 spiro atoms. The number of hydrogen-bond donors (Lipinski definition) is 0. The topological polar surface area (TPSA) is 0 Å². The molecule has 0 atom stereocenters. The van der Waals surface area contributed by atoms with Gasteiger partial charge in [-0.05, 0) is 38.8 Å². The highest BCUT2D eigenvalue weighted by Crippen LogP contribution is 2.12. The smallest absolute Gasteiger partial charge is 0.197 e. The highest BCUT2D eigenvalue weighted by Gasteiger charge is 2.07. The first-order valence-corrected chi connectivity index (χ1v) is 4.52. The van der Waals surface area contributed by atoms with Crippen LogP contribution >= 0.6 is 11.5 Å². The fraction of sp³-hybridized carbons (Fsp3) is 0.400. The molecule has 0 nitrogen and oxygen atoms in total. The monoisotopic (exact) mass is 179 g/mol. The summed E-state index contributed by atoms with van der Waals surface area (Å²) in [5.74, 6) is 0. The molecule has 0 aliphatic heterocycles. The van der Waals surface area contributed by atoms with E-state index in [4.69, 9.17) is 11.5 Å². The normalized spacial score (nSPS) is 10.1. The number of rotatable bonds is 1. The van der Waals surface area contributed by atoms with Crippen molar-refractivity contribution in [1.29, 1.82) is 0 Å². The van der Waals surface area contributed by atoms with Gasteiger partial charge in [-0.25, -0.2) is 0 Å². The third-order valence-electron chi connectivity index (χ3n) is 2.53. The van der Waals surface area contributed by atoms with Crippen LogP contribution in [-0.2, 0) is 0 Å². The first-order chi connectivity index (χ1) is 5.57. The van der Waals surface area contributed by atoms with Crippen LogP contribution in [-0.4, -0.2) is 6.69 Å². The summed E-state index contributed by atoms with van der Waals surface area (Å²) >= 11 is 5.76. The Morgan fingerprint density at radius 2 is 1.42 bits per heavy atom. The van der Waals surface area contributed by atoms with E-state index in [1.807, 2.05) is 0 Å². The van der Waals surface area contributed by atoms with Crippen molar-refractivity contribution in [2.24, 2.45) is 0 Å². The van der Waals surface area contributed by atoms with Crippen LogP contribution in [0.1, 0.15) is 22.3 Å². The Morgan fingerprint density at radius 1 is 1.00 bits per heavy atom. The Hall–Kier alpha value is -0.425. The molecule has 0 unspecified atom stereocenters. The molecule has 0 aliphatic rings. The lowest BCUT2D eigenvalue weighted by atomic mass is 9.82. The van der Waals surface area contributed by atoms with Crippen LogP contribution in [0.2, 0.25) is 0 Å². The largest absolute Gasteiger partial charge is 0.276 e. The van der Waals surface area contributed by atoms with Gasteiger partial charge in [-0.15, -0.1) is 0 Å². The fourth-order valence-corrected chi connectivity index (χ4v) is 1.74. The predicted molar refractivity (Wildman–Crippen MR) is 56.6 cm³/mol. The highest BCUT2D eigenvalue weighted by molar-refractivity contribution is 7.01. The first-order valence-electron chi connectivity index (χ1n) is 4.08.